The van der Waals surface area contributed by atoms with E-state index in [4.69, 9.17) is 0 Å². The summed E-state index contributed by atoms with van der Waals surface area (Å²) < 4.78 is 0. The molecule has 112 valence electrons. The Bertz CT molecular complexity index is 700. The molecule has 1 aliphatic rings. The average Bonchev–Trinajstić information content (AvgIpc) is 2.94. The highest BCUT2D eigenvalue weighted by Gasteiger charge is 2.45. The molecule has 3 rings (SSSR count). The predicted molar refractivity (Wildman–Crippen MR) is 83.1 cm³/mol. The summed E-state index contributed by atoms with van der Waals surface area (Å²) in [6, 6.07) is 12.3. The van der Waals surface area contributed by atoms with Crippen molar-refractivity contribution in [2.75, 3.05) is 0 Å². The number of hydrogen-bond acceptors (Lipinski definition) is 4. The Morgan fingerprint density at radius 3 is 2.55 bits per heavy atom. The van der Waals surface area contributed by atoms with Gasteiger partial charge in [-0.2, -0.15) is 10.1 Å². The second-order valence-corrected chi connectivity index (χ2v) is 5.23. The Labute approximate surface area is 128 Å². The van der Waals surface area contributed by atoms with Crippen molar-refractivity contribution in [1.29, 1.82) is 0 Å². The molecule has 2 aromatic rings. The first-order chi connectivity index (χ1) is 10.6. The minimum absolute atomic E-state index is 0.312. The SMILES string of the molecule is CCC1=NN(C(=O)c2ccccc2)C(O)(c2ccncc2)C1. The summed E-state index contributed by atoms with van der Waals surface area (Å²) in [6.07, 6.45) is 4.20. The Morgan fingerprint density at radius 2 is 1.91 bits per heavy atom. The lowest BCUT2D eigenvalue weighted by molar-refractivity contribution is -0.0766. The second kappa shape index (κ2) is 5.69. The van der Waals surface area contributed by atoms with Crippen molar-refractivity contribution in [3.05, 3.63) is 66.0 Å². The largest absolute Gasteiger partial charge is 0.365 e. The summed E-state index contributed by atoms with van der Waals surface area (Å²) in [4.78, 5) is 16.7. The summed E-state index contributed by atoms with van der Waals surface area (Å²) in [5.74, 6) is -0.316. The smallest absolute Gasteiger partial charge is 0.276 e. The van der Waals surface area contributed by atoms with Crippen LogP contribution in [0.5, 0.6) is 0 Å². The molecule has 0 saturated heterocycles. The molecule has 1 aromatic heterocycles. The molecule has 1 atom stereocenters. The van der Waals surface area contributed by atoms with Gasteiger partial charge in [0.05, 0.1) is 0 Å². The van der Waals surface area contributed by atoms with E-state index in [1.807, 2.05) is 13.0 Å². The van der Waals surface area contributed by atoms with E-state index in [2.05, 4.69) is 10.1 Å². The average molecular weight is 295 g/mol. The number of amides is 1. The number of pyridine rings is 1. The maximum absolute atomic E-state index is 12.7. The van der Waals surface area contributed by atoms with E-state index >= 15 is 0 Å². The Hall–Kier alpha value is -2.53. The van der Waals surface area contributed by atoms with Crippen molar-refractivity contribution in [2.45, 2.75) is 25.5 Å². The van der Waals surface area contributed by atoms with Crippen LogP contribution in [0.3, 0.4) is 0 Å². The van der Waals surface area contributed by atoms with Gasteiger partial charge in [0.2, 0.25) is 0 Å². The van der Waals surface area contributed by atoms with E-state index in [-0.39, 0.29) is 5.91 Å². The molecule has 1 N–H and O–H groups in total. The summed E-state index contributed by atoms with van der Waals surface area (Å²) >= 11 is 0. The van der Waals surface area contributed by atoms with Crippen LogP contribution >= 0.6 is 0 Å². The zero-order valence-electron chi connectivity index (χ0n) is 12.3. The maximum atomic E-state index is 12.7. The highest BCUT2D eigenvalue weighted by Crippen LogP contribution is 2.36. The van der Waals surface area contributed by atoms with Gasteiger partial charge in [-0.1, -0.05) is 25.1 Å². The summed E-state index contributed by atoms with van der Waals surface area (Å²) in [6.45, 7) is 1.96. The molecule has 0 fully saturated rings. The predicted octanol–water partition coefficient (Wildman–Crippen LogP) is 2.54. The highest BCUT2D eigenvalue weighted by molar-refractivity contribution is 5.98. The number of aliphatic hydroxyl groups is 1. The lowest BCUT2D eigenvalue weighted by Crippen LogP contribution is -2.43. The Morgan fingerprint density at radius 1 is 1.23 bits per heavy atom. The van der Waals surface area contributed by atoms with Gasteiger partial charge in [-0.3, -0.25) is 9.78 Å². The number of rotatable bonds is 3. The maximum Gasteiger partial charge on any atom is 0.276 e. The molecule has 0 bridgehead atoms. The van der Waals surface area contributed by atoms with E-state index in [1.165, 1.54) is 5.01 Å². The molecule has 1 aliphatic heterocycles. The van der Waals surface area contributed by atoms with Gasteiger partial charge >= 0.3 is 0 Å². The van der Waals surface area contributed by atoms with Crippen molar-refractivity contribution in [1.82, 2.24) is 9.99 Å². The van der Waals surface area contributed by atoms with Crippen molar-refractivity contribution < 1.29 is 9.90 Å². The van der Waals surface area contributed by atoms with E-state index in [0.717, 1.165) is 5.71 Å². The minimum Gasteiger partial charge on any atom is -0.365 e. The summed E-state index contributed by atoms with van der Waals surface area (Å²) in [5.41, 5.74) is 0.444. The van der Waals surface area contributed by atoms with Crippen LogP contribution in [0, 0.1) is 0 Å². The molecule has 5 nitrogen and oxygen atoms in total. The number of hydrazone groups is 1. The molecule has 2 heterocycles. The fourth-order valence-electron chi connectivity index (χ4n) is 2.57. The van der Waals surface area contributed by atoms with Crippen molar-refractivity contribution in [3.8, 4) is 0 Å². The number of hydrogen-bond donors (Lipinski definition) is 1. The van der Waals surface area contributed by atoms with E-state index in [9.17, 15) is 9.90 Å². The standard InChI is InChI=1S/C17H17N3O2/c1-2-15-12-17(22,14-8-10-18-11-9-14)20(19-15)16(21)13-6-4-3-5-7-13/h3-11,22H,2,12H2,1H3. The number of carbonyl (C=O) groups excluding carboxylic acids is 1. The number of nitrogens with zero attached hydrogens (tertiary/aromatic N) is 3. The van der Waals surface area contributed by atoms with Gasteiger partial charge in [-0.25, -0.2) is 0 Å². The third kappa shape index (κ3) is 2.40. The van der Waals surface area contributed by atoms with Gasteiger partial charge in [0.15, 0.2) is 5.72 Å². The molecule has 0 spiro atoms. The van der Waals surface area contributed by atoms with Gasteiger partial charge in [0.1, 0.15) is 0 Å². The zero-order chi connectivity index (χ0) is 15.6. The molecule has 1 aromatic carbocycles. The molecule has 0 saturated carbocycles. The molecule has 5 heteroatoms. The zero-order valence-corrected chi connectivity index (χ0v) is 12.3. The van der Waals surface area contributed by atoms with Gasteiger partial charge in [-0.15, -0.1) is 0 Å². The third-order valence-corrected chi connectivity index (χ3v) is 3.81. The highest BCUT2D eigenvalue weighted by atomic mass is 16.3. The first-order valence-electron chi connectivity index (χ1n) is 7.24. The number of benzene rings is 1. The summed E-state index contributed by atoms with van der Waals surface area (Å²) in [7, 11) is 0. The van der Waals surface area contributed by atoms with Gasteiger partial charge in [0.25, 0.3) is 5.91 Å². The Balaban J connectivity index is 2.02. The monoisotopic (exact) mass is 295 g/mol. The molecular weight excluding hydrogens is 278 g/mol. The van der Waals surface area contributed by atoms with Gasteiger partial charge in [-0.05, 0) is 30.7 Å². The molecular formula is C17H17N3O2. The van der Waals surface area contributed by atoms with Crippen LogP contribution in [-0.2, 0) is 5.72 Å². The van der Waals surface area contributed by atoms with Crippen LogP contribution in [0.25, 0.3) is 0 Å². The lowest BCUT2D eigenvalue weighted by Gasteiger charge is -2.31. The van der Waals surface area contributed by atoms with Crippen LogP contribution in [0.15, 0.2) is 60.0 Å². The van der Waals surface area contributed by atoms with Crippen molar-refractivity contribution >= 4 is 11.6 Å². The lowest BCUT2D eigenvalue weighted by atomic mass is 9.97. The van der Waals surface area contributed by atoms with Crippen LogP contribution in [-0.4, -0.2) is 26.7 Å². The van der Waals surface area contributed by atoms with Crippen LogP contribution in [0.1, 0.15) is 35.7 Å². The van der Waals surface area contributed by atoms with E-state index in [0.29, 0.717) is 24.0 Å². The molecule has 22 heavy (non-hydrogen) atoms. The minimum atomic E-state index is -1.46. The fourth-order valence-corrected chi connectivity index (χ4v) is 2.57. The number of aromatic nitrogens is 1. The van der Waals surface area contributed by atoms with Gasteiger partial charge in [0, 0.05) is 35.7 Å². The van der Waals surface area contributed by atoms with Gasteiger partial charge < -0.3 is 5.11 Å². The topological polar surface area (TPSA) is 65.8 Å². The van der Waals surface area contributed by atoms with Crippen LogP contribution in [0.2, 0.25) is 0 Å². The summed E-state index contributed by atoms with van der Waals surface area (Å²) in [5, 5.41) is 16.7. The quantitative estimate of drug-likeness (QED) is 0.946. The fraction of sp³-hybridized carbons (Fsp3) is 0.235. The molecule has 1 unspecified atom stereocenters. The Kier molecular flexibility index (Phi) is 3.73. The second-order valence-electron chi connectivity index (χ2n) is 5.23. The first-order valence-corrected chi connectivity index (χ1v) is 7.24. The van der Waals surface area contributed by atoms with Crippen LogP contribution in [0.4, 0.5) is 0 Å². The van der Waals surface area contributed by atoms with Crippen LogP contribution < -0.4 is 0 Å². The molecule has 0 aliphatic carbocycles. The molecule has 1 amide bonds. The molecule has 0 radical (unpaired) electrons. The first kappa shape index (κ1) is 14.4. The normalized spacial score (nSPS) is 20.8. The third-order valence-electron chi connectivity index (χ3n) is 3.81. The number of carbonyl (C=O) groups is 1. The van der Waals surface area contributed by atoms with E-state index < -0.39 is 5.72 Å². The van der Waals surface area contributed by atoms with Crippen molar-refractivity contribution in [2.24, 2.45) is 5.10 Å². The van der Waals surface area contributed by atoms with Crippen molar-refractivity contribution in [3.63, 3.8) is 0 Å². The van der Waals surface area contributed by atoms with E-state index in [1.54, 1.807) is 48.8 Å².